The van der Waals surface area contributed by atoms with E-state index in [0.717, 1.165) is 25.7 Å². The number of ether oxygens (including phenoxy) is 1. The fourth-order valence-electron chi connectivity index (χ4n) is 3.49. The molecule has 1 aromatic rings. The number of carboxylic acids is 1. The third-order valence-corrected chi connectivity index (χ3v) is 5.06. The summed E-state index contributed by atoms with van der Waals surface area (Å²) in [4.78, 5) is 25.7. The van der Waals surface area contributed by atoms with Gasteiger partial charge < -0.3 is 14.7 Å². The molecule has 24 heavy (non-hydrogen) atoms. The molecule has 5 nitrogen and oxygen atoms in total. The van der Waals surface area contributed by atoms with Gasteiger partial charge in [0.2, 0.25) is 0 Å². The van der Waals surface area contributed by atoms with E-state index in [0.29, 0.717) is 35.7 Å². The third kappa shape index (κ3) is 3.83. The molecule has 1 amide bonds. The van der Waals surface area contributed by atoms with Crippen LogP contribution in [0.25, 0.3) is 0 Å². The first kappa shape index (κ1) is 17.1. The third-order valence-electron chi connectivity index (χ3n) is 4.83. The number of nitrogens with zero attached hydrogens (tertiary/aromatic N) is 1. The fraction of sp³-hybridized carbons (Fsp3) is 0.556. The molecule has 1 atom stereocenters. The second-order valence-corrected chi connectivity index (χ2v) is 7.03. The number of likely N-dealkylation sites (tertiary alicyclic amines) is 1. The first-order chi connectivity index (χ1) is 11.5. The van der Waals surface area contributed by atoms with Gasteiger partial charge in [-0.3, -0.25) is 9.59 Å². The standard InChI is InChI=1S/C18H22ClNO4/c19-13-7-8-16(24-14-5-1-2-6-14)15(10-13)17(21)20-9-3-4-12(11-20)18(22)23/h7-8,10,12,14H,1-6,9,11H2,(H,22,23). The van der Waals surface area contributed by atoms with E-state index in [2.05, 4.69) is 0 Å². The first-order valence-electron chi connectivity index (χ1n) is 8.53. The summed E-state index contributed by atoms with van der Waals surface area (Å²) in [5, 5.41) is 9.69. The maximum Gasteiger partial charge on any atom is 0.308 e. The van der Waals surface area contributed by atoms with Crippen LogP contribution >= 0.6 is 11.6 Å². The van der Waals surface area contributed by atoms with E-state index in [9.17, 15) is 14.7 Å². The lowest BCUT2D eigenvalue weighted by Gasteiger charge is -2.31. The molecule has 2 aliphatic rings. The minimum Gasteiger partial charge on any atom is -0.490 e. The molecular weight excluding hydrogens is 330 g/mol. The van der Waals surface area contributed by atoms with E-state index in [1.54, 1.807) is 23.1 Å². The fourth-order valence-corrected chi connectivity index (χ4v) is 3.66. The van der Waals surface area contributed by atoms with E-state index in [-0.39, 0.29) is 18.6 Å². The normalized spacial score (nSPS) is 21.7. The zero-order valence-electron chi connectivity index (χ0n) is 13.5. The van der Waals surface area contributed by atoms with Gasteiger partial charge in [-0.2, -0.15) is 0 Å². The Balaban J connectivity index is 1.80. The maximum atomic E-state index is 12.9. The average Bonchev–Trinajstić information content (AvgIpc) is 3.09. The largest absolute Gasteiger partial charge is 0.490 e. The average molecular weight is 352 g/mol. The van der Waals surface area contributed by atoms with E-state index in [1.807, 2.05) is 0 Å². The van der Waals surface area contributed by atoms with Crippen molar-refractivity contribution in [3.8, 4) is 5.75 Å². The zero-order valence-corrected chi connectivity index (χ0v) is 14.3. The molecule has 1 saturated heterocycles. The van der Waals surface area contributed by atoms with Crippen molar-refractivity contribution in [2.75, 3.05) is 13.1 Å². The molecule has 0 aromatic heterocycles. The summed E-state index contributed by atoms with van der Waals surface area (Å²) in [5.41, 5.74) is 0.431. The van der Waals surface area contributed by atoms with Crippen LogP contribution in [0.1, 0.15) is 48.9 Å². The van der Waals surface area contributed by atoms with Gasteiger partial charge in [0.15, 0.2) is 0 Å². The van der Waals surface area contributed by atoms with Crippen molar-refractivity contribution < 1.29 is 19.4 Å². The number of carbonyl (C=O) groups excluding carboxylic acids is 1. The van der Waals surface area contributed by atoms with Gasteiger partial charge >= 0.3 is 5.97 Å². The molecule has 2 fully saturated rings. The number of piperidine rings is 1. The lowest BCUT2D eigenvalue weighted by atomic mass is 9.97. The van der Waals surface area contributed by atoms with Crippen molar-refractivity contribution in [1.82, 2.24) is 4.90 Å². The Hall–Kier alpha value is -1.75. The van der Waals surface area contributed by atoms with E-state index in [4.69, 9.17) is 16.3 Å². The smallest absolute Gasteiger partial charge is 0.308 e. The second-order valence-electron chi connectivity index (χ2n) is 6.59. The molecule has 1 heterocycles. The van der Waals surface area contributed by atoms with Gasteiger partial charge in [-0.05, 0) is 56.7 Å². The summed E-state index contributed by atoms with van der Waals surface area (Å²) < 4.78 is 6.03. The van der Waals surface area contributed by atoms with Crippen LogP contribution in [-0.2, 0) is 4.79 Å². The van der Waals surface area contributed by atoms with Gasteiger partial charge in [-0.15, -0.1) is 0 Å². The summed E-state index contributed by atoms with van der Waals surface area (Å²) >= 11 is 6.08. The lowest BCUT2D eigenvalue weighted by molar-refractivity contribution is -0.143. The summed E-state index contributed by atoms with van der Waals surface area (Å²) in [5.74, 6) is -0.993. The topological polar surface area (TPSA) is 66.8 Å². The van der Waals surface area contributed by atoms with Gasteiger partial charge in [-0.1, -0.05) is 11.6 Å². The van der Waals surface area contributed by atoms with E-state index >= 15 is 0 Å². The van der Waals surface area contributed by atoms with Crippen LogP contribution in [0.15, 0.2) is 18.2 Å². The van der Waals surface area contributed by atoms with Crippen LogP contribution in [0.3, 0.4) is 0 Å². The quantitative estimate of drug-likeness (QED) is 0.900. The molecule has 1 aliphatic carbocycles. The lowest BCUT2D eigenvalue weighted by Crippen LogP contribution is -2.42. The van der Waals surface area contributed by atoms with Gasteiger partial charge in [0, 0.05) is 18.1 Å². The molecule has 1 unspecified atom stereocenters. The van der Waals surface area contributed by atoms with Gasteiger partial charge in [0.1, 0.15) is 5.75 Å². The summed E-state index contributed by atoms with van der Waals surface area (Å²) in [6.45, 7) is 0.807. The number of halogens is 1. The molecule has 1 aromatic carbocycles. The molecule has 1 N–H and O–H groups in total. The molecule has 0 bridgehead atoms. The molecular formula is C18H22ClNO4. The molecule has 3 rings (SSSR count). The number of hydrogen-bond donors (Lipinski definition) is 1. The zero-order chi connectivity index (χ0) is 17.1. The van der Waals surface area contributed by atoms with Gasteiger partial charge in [0.05, 0.1) is 17.6 Å². The first-order valence-corrected chi connectivity index (χ1v) is 8.90. The van der Waals surface area contributed by atoms with Crippen LogP contribution in [0.4, 0.5) is 0 Å². The van der Waals surface area contributed by atoms with Crippen LogP contribution in [0.5, 0.6) is 5.75 Å². The molecule has 130 valence electrons. The number of benzene rings is 1. The van der Waals surface area contributed by atoms with E-state index in [1.165, 1.54) is 0 Å². The second kappa shape index (κ2) is 7.43. The summed E-state index contributed by atoms with van der Waals surface area (Å²) in [6.07, 6.45) is 5.75. The number of carboxylic acid groups (broad SMARTS) is 1. The summed E-state index contributed by atoms with van der Waals surface area (Å²) in [7, 11) is 0. The summed E-state index contributed by atoms with van der Waals surface area (Å²) in [6, 6.07) is 5.09. The van der Waals surface area contributed by atoms with Crippen molar-refractivity contribution in [2.24, 2.45) is 5.92 Å². The molecule has 0 spiro atoms. The van der Waals surface area contributed by atoms with Gasteiger partial charge in [-0.25, -0.2) is 0 Å². The SMILES string of the molecule is O=C(O)C1CCCN(C(=O)c2cc(Cl)ccc2OC2CCCC2)C1. The Bertz CT molecular complexity index is 627. The number of carbonyl (C=O) groups is 2. The molecule has 6 heteroatoms. The predicted molar refractivity (Wildman–Crippen MR) is 90.6 cm³/mol. The van der Waals surface area contributed by atoms with Crippen LogP contribution in [0, 0.1) is 5.92 Å². The van der Waals surface area contributed by atoms with Crippen molar-refractivity contribution in [3.63, 3.8) is 0 Å². The highest BCUT2D eigenvalue weighted by Crippen LogP contribution is 2.30. The minimum absolute atomic E-state index is 0.144. The number of aliphatic carboxylic acids is 1. The maximum absolute atomic E-state index is 12.9. The Morgan fingerprint density at radius 2 is 1.92 bits per heavy atom. The molecule has 1 saturated carbocycles. The number of hydrogen-bond acceptors (Lipinski definition) is 3. The van der Waals surface area contributed by atoms with Crippen molar-refractivity contribution in [1.29, 1.82) is 0 Å². The molecule has 1 aliphatic heterocycles. The van der Waals surface area contributed by atoms with Crippen molar-refractivity contribution >= 4 is 23.5 Å². The highest BCUT2D eigenvalue weighted by Gasteiger charge is 2.30. The van der Waals surface area contributed by atoms with E-state index < -0.39 is 11.9 Å². The Labute approximate surface area is 146 Å². The van der Waals surface area contributed by atoms with Crippen LogP contribution in [-0.4, -0.2) is 41.1 Å². The molecule has 0 radical (unpaired) electrons. The number of rotatable bonds is 4. The highest BCUT2D eigenvalue weighted by atomic mass is 35.5. The van der Waals surface area contributed by atoms with Gasteiger partial charge in [0.25, 0.3) is 5.91 Å². The Kier molecular flexibility index (Phi) is 5.29. The minimum atomic E-state index is -0.846. The van der Waals surface area contributed by atoms with Crippen LogP contribution in [0.2, 0.25) is 5.02 Å². The van der Waals surface area contributed by atoms with Crippen molar-refractivity contribution in [2.45, 2.75) is 44.6 Å². The Morgan fingerprint density at radius 3 is 2.62 bits per heavy atom. The van der Waals surface area contributed by atoms with Crippen LogP contribution < -0.4 is 4.74 Å². The predicted octanol–water partition coefficient (Wildman–Crippen LogP) is 3.60. The monoisotopic (exact) mass is 351 g/mol. The Morgan fingerprint density at radius 1 is 1.17 bits per heavy atom. The van der Waals surface area contributed by atoms with Crippen molar-refractivity contribution in [3.05, 3.63) is 28.8 Å². The highest BCUT2D eigenvalue weighted by molar-refractivity contribution is 6.31. The number of amides is 1.